The summed E-state index contributed by atoms with van der Waals surface area (Å²) in [5, 5.41) is 35.5. The Kier molecular flexibility index (Phi) is 2.80. The first kappa shape index (κ1) is 8.89. The summed E-state index contributed by atoms with van der Waals surface area (Å²) in [6.07, 6.45) is -3.39. The van der Waals surface area contributed by atoms with Gasteiger partial charge in [-0.05, 0) is 0 Å². The molecule has 0 bridgehead atoms. The Morgan fingerprint density at radius 1 is 0.909 bits per heavy atom. The van der Waals surface area contributed by atoms with Gasteiger partial charge in [0.15, 0.2) is 12.2 Å². The Hall–Kier alpha value is -0.200. The first-order valence-corrected chi connectivity index (χ1v) is 3.48. The monoisotopic (exact) mass is 165 g/mol. The van der Waals surface area contributed by atoms with Crippen molar-refractivity contribution < 1.29 is 25.2 Å². The molecule has 4 atom stereocenters. The van der Waals surface area contributed by atoms with Gasteiger partial charge in [-0.15, -0.1) is 0 Å². The van der Waals surface area contributed by atoms with Gasteiger partial charge in [0.2, 0.25) is 12.2 Å². The van der Waals surface area contributed by atoms with Crippen molar-refractivity contribution in [2.45, 2.75) is 24.4 Å². The van der Waals surface area contributed by atoms with Crippen LogP contribution in [0.5, 0.6) is 0 Å². The first-order chi connectivity index (χ1) is 5.20. The topological polar surface area (TPSA) is 93.7 Å². The molecule has 0 aromatic carbocycles. The van der Waals surface area contributed by atoms with E-state index < -0.39 is 24.4 Å². The van der Waals surface area contributed by atoms with Crippen molar-refractivity contribution in [3.8, 4) is 0 Å². The van der Waals surface area contributed by atoms with Crippen LogP contribution in [0.15, 0.2) is 0 Å². The summed E-state index contributed by atoms with van der Waals surface area (Å²) in [6.45, 7) is -0.594. The Balaban J connectivity index is 2.53. The molecule has 5 N–H and O–H groups in total. The Morgan fingerprint density at radius 2 is 1.27 bits per heavy atom. The van der Waals surface area contributed by atoms with E-state index in [1.165, 1.54) is 0 Å². The number of hydrogen-bond donors (Lipinski definition) is 4. The quantitative estimate of drug-likeness (QED) is 0.327. The first-order valence-electron chi connectivity index (χ1n) is 3.48. The molecule has 1 unspecified atom stereocenters. The Bertz CT molecular complexity index is 110. The summed E-state index contributed by atoms with van der Waals surface area (Å²) >= 11 is 0. The van der Waals surface area contributed by atoms with E-state index >= 15 is 0 Å². The molecule has 0 aliphatic carbocycles. The molecule has 11 heavy (non-hydrogen) atoms. The maximum atomic E-state index is 9.14. The fraction of sp³-hybridized carbons (Fsp3) is 1.00. The van der Waals surface area contributed by atoms with Crippen molar-refractivity contribution in [1.82, 2.24) is 0 Å². The second-order valence-corrected chi connectivity index (χ2v) is 2.63. The zero-order valence-corrected chi connectivity index (χ0v) is 5.96. The molecule has 0 saturated carbocycles. The summed E-state index contributed by atoms with van der Waals surface area (Å²) in [7, 11) is 0. The van der Waals surface area contributed by atoms with Gasteiger partial charge in [-0.25, -0.2) is 0 Å². The number of aliphatic hydroxyl groups is 6. The molecule has 1 rings (SSSR count). The van der Waals surface area contributed by atoms with Crippen LogP contribution in [0.4, 0.5) is 0 Å². The summed E-state index contributed by atoms with van der Waals surface area (Å²) in [6, 6.07) is 0. The standard InChI is InChI=1S/C6H12O5/c7-1-3-5(9)6(10)4(2-8)11-3/h3-10H,1-2H2/p+1/t3-,4?,5-,6-/m1/s1. The third kappa shape index (κ3) is 1.52. The lowest BCUT2D eigenvalue weighted by Crippen LogP contribution is -2.34. The van der Waals surface area contributed by atoms with Crippen molar-refractivity contribution in [2.75, 3.05) is 13.2 Å². The maximum absolute atomic E-state index is 9.14. The zero-order chi connectivity index (χ0) is 8.43. The molecule has 1 aliphatic heterocycles. The molecule has 0 amide bonds. The van der Waals surface area contributed by atoms with E-state index in [2.05, 4.69) is 4.74 Å². The molecule has 66 valence electrons. The lowest BCUT2D eigenvalue weighted by Gasteiger charge is -2.05. The molecular weight excluding hydrogens is 152 g/mol. The molecule has 1 aliphatic rings. The van der Waals surface area contributed by atoms with Crippen LogP contribution >= 0.6 is 0 Å². The van der Waals surface area contributed by atoms with Gasteiger partial charge in [-0.2, -0.15) is 0 Å². The molecule has 0 radical (unpaired) electrons. The maximum Gasteiger partial charge on any atom is 0.207 e. The lowest BCUT2D eigenvalue weighted by atomic mass is 10.1. The molecular formula is C6H13O5+. The SMILES string of the molecule is OCC1[OH+][C@H](CO)[C@@H](O)[C@@H]1O. The molecule has 0 aromatic rings. The van der Waals surface area contributed by atoms with Gasteiger partial charge in [-0.3, -0.25) is 0 Å². The number of aliphatic hydroxyl groups excluding tert-OH is 4. The Labute approximate surface area is 63.8 Å². The summed E-state index contributed by atoms with van der Waals surface area (Å²) in [4.78, 5) is 0. The highest BCUT2D eigenvalue weighted by Crippen LogP contribution is 2.17. The van der Waals surface area contributed by atoms with Crippen LogP contribution in [0.3, 0.4) is 0 Å². The molecule has 5 heteroatoms. The van der Waals surface area contributed by atoms with Crippen LogP contribution in [0.2, 0.25) is 0 Å². The van der Waals surface area contributed by atoms with Gasteiger partial charge in [0.25, 0.3) is 0 Å². The van der Waals surface area contributed by atoms with E-state index in [-0.39, 0.29) is 13.2 Å². The van der Waals surface area contributed by atoms with Crippen molar-refractivity contribution >= 4 is 0 Å². The number of ether oxygens (including phenoxy) is 1. The highest BCUT2D eigenvalue weighted by molar-refractivity contribution is 4.88. The largest absolute Gasteiger partial charge is 0.422 e. The zero-order valence-electron chi connectivity index (χ0n) is 5.96. The van der Waals surface area contributed by atoms with Crippen LogP contribution in [-0.2, 0) is 0 Å². The smallest absolute Gasteiger partial charge is 0.207 e. The highest BCUT2D eigenvalue weighted by atomic mass is 16.6. The average molecular weight is 165 g/mol. The minimum atomic E-state index is -1.04. The van der Waals surface area contributed by atoms with Crippen LogP contribution in [0.25, 0.3) is 0 Å². The summed E-state index contributed by atoms with van der Waals surface area (Å²) in [5.74, 6) is 0. The van der Waals surface area contributed by atoms with Gasteiger partial charge in [-0.1, -0.05) is 0 Å². The third-order valence-corrected chi connectivity index (χ3v) is 1.90. The van der Waals surface area contributed by atoms with E-state index in [9.17, 15) is 0 Å². The second-order valence-electron chi connectivity index (χ2n) is 2.63. The van der Waals surface area contributed by atoms with E-state index in [4.69, 9.17) is 20.4 Å². The molecule has 5 nitrogen and oxygen atoms in total. The fourth-order valence-corrected chi connectivity index (χ4v) is 1.19. The highest BCUT2D eigenvalue weighted by Gasteiger charge is 2.47. The van der Waals surface area contributed by atoms with Gasteiger partial charge in [0.05, 0.1) is 0 Å². The fourth-order valence-electron chi connectivity index (χ4n) is 1.19. The van der Waals surface area contributed by atoms with Gasteiger partial charge in [0, 0.05) is 0 Å². The number of rotatable bonds is 2. The average Bonchev–Trinajstić information content (AvgIpc) is 2.30. The normalized spacial score (nSPS) is 44.7. The van der Waals surface area contributed by atoms with Crippen LogP contribution in [-0.4, -0.2) is 62.8 Å². The molecule has 0 aromatic heterocycles. The lowest BCUT2D eigenvalue weighted by molar-refractivity contribution is -0.164. The van der Waals surface area contributed by atoms with Gasteiger partial charge in [0.1, 0.15) is 13.2 Å². The molecule has 1 heterocycles. The van der Waals surface area contributed by atoms with Crippen molar-refractivity contribution in [3.05, 3.63) is 0 Å². The summed E-state index contributed by atoms with van der Waals surface area (Å²) in [5.41, 5.74) is 0. The van der Waals surface area contributed by atoms with Gasteiger partial charge < -0.3 is 25.2 Å². The molecule has 1 fully saturated rings. The van der Waals surface area contributed by atoms with E-state index in [0.29, 0.717) is 0 Å². The van der Waals surface area contributed by atoms with E-state index in [1.807, 2.05) is 0 Å². The van der Waals surface area contributed by atoms with Gasteiger partial charge >= 0.3 is 0 Å². The summed E-state index contributed by atoms with van der Waals surface area (Å²) < 4.78 is 3.79. The van der Waals surface area contributed by atoms with Crippen LogP contribution < -0.4 is 0 Å². The van der Waals surface area contributed by atoms with E-state index in [1.54, 1.807) is 0 Å². The van der Waals surface area contributed by atoms with Crippen molar-refractivity contribution in [1.29, 1.82) is 0 Å². The van der Waals surface area contributed by atoms with Crippen LogP contribution in [0, 0.1) is 0 Å². The number of hydrogen-bond acceptors (Lipinski definition) is 4. The minimum absolute atomic E-state index is 0.297. The molecule has 1 saturated heterocycles. The predicted octanol–water partition coefficient (Wildman–Crippen LogP) is -3.03. The van der Waals surface area contributed by atoms with Crippen LogP contribution in [0.1, 0.15) is 0 Å². The minimum Gasteiger partial charge on any atom is -0.422 e. The van der Waals surface area contributed by atoms with E-state index in [0.717, 1.165) is 0 Å². The third-order valence-electron chi connectivity index (χ3n) is 1.90. The predicted molar refractivity (Wildman–Crippen MR) is 36.0 cm³/mol. The van der Waals surface area contributed by atoms with Crippen molar-refractivity contribution in [3.63, 3.8) is 0 Å². The second kappa shape index (κ2) is 3.46. The molecule has 0 spiro atoms. The van der Waals surface area contributed by atoms with Crippen molar-refractivity contribution in [2.24, 2.45) is 0 Å². The Morgan fingerprint density at radius 3 is 1.45 bits per heavy atom.